The van der Waals surface area contributed by atoms with Gasteiger partial charge < -0.3 is 14.8 Å². The first-order valence-electron chi connectivity index (χ1n) is 6.77. The van der Waals surface area contributed by atoms with Crippen LogP contribution in [0.3, 0.4) is 0 Å². The fraction of sp³-hybridized carbons (Fsp3) is 0.125. The van der Waals surface area contributed by atoms with E-state index in [0.29, 0.717) is 22.4 Å². The Bertz CT molecular complexity index is 851. The number of fused-ring (bicyclic) bond motifs is 1. The number of anilines is 1. The van der Waals surface area contributed by atoms with E-state index in [1.165, 1.54) is 0 Å². The minimum atomic E-state index is -0.862. The van der Waals surface area contributed by atoms with Crippen molar-refractivity contribution < 1.29 is 14.3 Å². The number of carbonyl (C=O) groups is 1. The van der Waals surface area contributed by atoms with E-state index in [9.17, 15) is 14.7 Å². The van der Waals surface area contributed by atoms with Gasteiger partial charge >= 0.3 is 5.76 Å². The largest absolute Gasteiger partial charge is 0.417 e. The molecule has 112 valence electrons. The van der Waals surface area contributed by atoms with Gasteiger partial charge in [-0.15, -0.1) is 0 Å². The number of H-pyrrole nitrogens is 1. The SMILES string of the molecule is O=C(CC(O)c1ccccc1)Nc1ccc2oc(=O)[nH]c2c1. The molecular weight excluding hydrogens is 284 g/mol. The molecule has 1 amide bonds. The van der Waals surface area contributed by atoms with Gasteiger partial charge in [-0.2, -0.15) is 0 Å². The second kappa shape index (κ2) is 5.87. The number of aromatic nitrogens is 1. The Morgan fingerprint density at radius 2 is 2.00 bits per heavy atom. The molecule has 3 rings (SSSR count). The van der Waals surface area contributed by atoms with Gasteiger partial charge in [0.05, 0.1) is 18.0 Å². The Labute approximate surface area is 125 Å². The summed E-state index contributed by atoms with van der Waals surface area (Å²) >= 11 is 0. The number of rotatable bonds is 4. The molecule has 0 aliphatic heterocycles. The highest BCUT2D eigenvalue weighted by molar-refractivity contribution is 5.93. The zero-order valence-electron chi connectivity index (χ0n) is 11.6. The van der Waals surface area contributed by atoms with Crippen molar-refractivity contribution in [3.8, 4) is 0 Å². The zero-order valence-corrected chi connectivity index (χ0v) is 11.6. The van der Waals surface area contributed by atoms with Gasteiger partial charge in [0.2, 0.25) is 5.91 Å². The molecule has 0 spiro atoms. The fourth-order valence-electron chi connectivity index (χ4n) is 2.21. The summed E-state index contributed by atoms with van der Waals surface area (Å²) in [6.45, 7) is 0. The van der Waals surface area contributed by atoms with Crippen LogP contribution in [0.25, 0.3) is 11.1 Å². The van der Waals surface area contributed by atoms with Crippen LogP contribution >= 0.6 is 0 Å². The van der Waals surface area contributed by atoms with Crippen molar-refractivity contribution in [3.63, 3.8) is 0 Å². The zero-order chi connectivity index (χ0) is 15.5. The summed E-state index contributed by atoms with van der Waals surface area (Å²) in [5.74, 6) is -0.862. The number of hydrogen-bond acceptors (Lipinski definition) is 4. The Morgan fingerprint density at radius 1 is 1.23 bits per heavy atom. The molecule has 3 N–H and O–H groups in total. The van der Waals surface area contributed by atoms with Crippen molar-refractivity contribution in [2.24, 2.45) is 0 Å². The molecular formula is C16H14N2O4. The first kappa shape index (κ1) is 14.1. The Balaban J connectivity index is 1.69. The predicted octanol–water partition coefficient (Wildman–Crippen LogP) is 2.18. The summed E-state index contributed by atoms with van der Waals surface area (Å²) < 4.78 is 4.89. The standard InChI is InChI=1S/C16H14N2O4/c19-13(10-4-2-1-3-5-10)9-15(20)17-11-6-7-14-12(8-11)18-16(21)22-14/h1-8,13,19H,9H2,(H,17,20)(H,18,21). The van der Waals surface area contributed by atoms with E-state index >= 15 is 0 Å². The summed E-state index contributed by atoms with van der Waals surface area (Å²) in [4.78, 5) is 25.6. The van der Waals surface area contributed by atoms with Crippen LogP contribution in [0.1, 0.15) is 18.1 Å². The van der Waals surface area contributed by atoms with Gasteiger partial charge in [-0.1, -0.05) is 30.3 Å². The molecule has 6 heteroatoms. The third kappa shape index (κ3) is 3.07. The molecule has 1 atom stereocenters. The molecule has 0 aliphatic rings. The first-order chi connectivity index (χ1) is 10.6. The van der Waals surface area contributed by atoms with Crippen molar-refractivity contribution in [2.75, 3.05) is 5.32 Å². The summed E-state index contributed by atoms with van der Waals surface area (Å²) in [6, 6.07) is 13.8. The van der Waals surface area contributed by atoms with E-state index < -0.39 is 11.9 Å². The highest BCUT2D eigenvalue weighted by Crippen LogP contribution is 2.19. The fourth-order valence-corrected chi connectivity index (χ4v) is 2.21. The van der Waals surface area contributed by atoms with E-state index in [0.717, 1.165) is 0 Å². The number of benzene rings is 2. The molecule has 3 aromatic rings. The molecule has 22 heavy (non-hydrogen) atoms. The van der Waals surface area contributed by atoms with Gasteiger partial charge in [0.15, 0.2) is 5.58 Å². The van der Waals surface area contributed by atoms with Gasteiger partial charge in [-0.3, -0.25) is 9.78 Å². The molecule has 0 fully saturated rings. The van der Waals surface area contributed by atoms with E-state index in [1.807, 2.05) is 6.07 Å². The number of aliphatic hydroxyl groups is 1. The Hall–Kier alpha value is -2.86. The van der Waals surface area contributed by atoms with Crippen LogP contribution in [0.2, 0.25) is 0 Å². The molecule has 6 nitrogen and oxygen atoms in total. The normalized spacial score (nSPS) is 12.2. The third-order valence-corrected chi connectivity index (χ3v) is 3.27. The number of amides is 1. The van der Waals surface area contributed by atoms with E-state index in [-0.39, 0.29) is 12.3 Å². The first-order valence-corrected chi connectivity index (χ1v) is 6.77. The molecule has 0 aliphatic carbocycles. The van der Waals surface area contributed by atoms with Crippen LogP contribution < -0.4 is 11.1 Å². The van der Waals surface area contributed by atoms with Crippen molar-refractivity contribution in [1.82, 2.24) is 4.98 Å². The summed E-state index contributed by atoms with van der Waals surface area (Å²) in [5.41, 5.74) is 2.14. The van der Waals surface area contributed by atoms with Crippen molar-refractivity contribution >= 4 is 22.7 Å². The van der Waals surface area contributed by atoms with E-state index in [1.54, 1.807) is 42.5 Å². The number of carbonyl (C=O) groups excluding carboxylic acids is 1. The molecule has 0 bridgehead atoms. The molecule has 1 aromatic heterocycles. The second-order valence-corrected chi connectivity index (χ2v) is 4.90. The highest BCUT2D eigenvalue weighted by atomic mass is 16.4. The van der Waals surface area contributed by atoms with Crippen LogP contribution in [0.5, 0.6) is 0 Å². The van der Waals surface area contributed by atoms with Crippen LogP contribution in [0.4, 0.5) is 5.69 Å². The molecule has 0 saturated heterocycles. The average Bonchev–Trinajstić information content (AvgIpc) is 2.87. The van der Waals surface area contributed by atoms with Crippen LogP contribution in [0.15, 0.2) is 57.7 Å². The number of hydrogen-bond donors (Lipinski definition) is 3. The molecule has 2 aromatic carbocycles. The predicted molar refractivity (Wildman–Crippen MR) is 81.5 cm³/mol. The molecule has 0 saturated carbocycles. The van der Waals surface area contributed by atoms with Crippen LogP contribution in [-0.2, 0) is 4.79 Å². The van der Waals surface area contributed by atoms with E-state index in [2.05, 4.69) is 10.3 Å². The lowest BCUT2D eigenvalue weighted by Gasteiger charge is -2.11. The quantitative estimate of drug-likeness (QED) is 0.688. The monoisotopic (exact) mass is 298 g/mol. The minimum absolute atomic E-state index is 0.0516. The second-order valence-electron chi connectivity index (χ2n) is 4.90. The van der Waals surface area contributed by atoms with Crippen molar-refractivity contribution in [2.45, 2.75) is 12.5 Å². The van der Waals surface area contributed by atoms with Crippen molar-refractivity contribution in [1.29, 1.82) is 0 Å². The number of aliphatic hydroxyl groups excluding tert-OH is 1. The van der Waals surface area contributed by atoms with Gasteiger partial charge in [0, 0.05) is 5.69 Å². The van der Waals surface area contributed by atoms with Gasteiger partial charge in [0.1, 0.15) is 0 Å². The maximum atomic E-state index is 12.0. The topological polar surface area (TPSA) is 95.3 Å². The number of nitrogens with one attached hydrogen (secondary N) is 2. The van der Waals surface area contributed by atoms with Gasteiger partial charge in [0.25, 0.3) is 0 Å². The Kier molecular flexibility index (Phi) is 3.76. The average molecular weight is 298 g/mol. The lowest BCUT2D eigenvalue weighted by Crippen LogP contribution is -2.15. The molecule has 1 unspecified atom stereocenters. The Morgan fingerprint density at radius 3 is 2.77 bits per heavy atom. The minimum Gasteiger partial charge on any atom is -0.408 e. The summed E-state index contributed by atoms with van der Waals surface area (Å²) in [6.07, 6.45) is -0.914. The lowest BCUT2D eigenvalue weighted by molar-refractivity contribution is -0.118. The van der Waals surface area contributed by atoms with Crippen LogP contribution in [0, 0.1) is 0 Å². The van der Waals surface area contributed by atoms with Gasteiger partial charge in [-0.25, -0.2) is 4.79 Å². The maximum Gasteiger partial charge on any atom is 0.417 e. The summed E-state index contributed by atoms with van der Waals surface area (Å²) in [5, 5.41) is 12.7. The van der Waals surface area contributed by atoms with Crippen LogP contribution in [-0.4, -0.2) is 16.0 Å². The molecule has 1 heterocycles. The number of oxazole rings is 1. The van der Waals surface area contributed by atoms with Gasteiger partial charge in [-0.05, 0) is 23.8 Å². The number of aromatic amines is 1. The highest BCUT2D eigenvalue weighted by Gasteiger charge is 2.13. The van der Waals surface area contributed by atoms with E-state index in [4.69, 9.17) is 4.42 Å². The van der Waals surface area contributed by atoms with Crippen molar-refractivity contribution in [3.05, 3.63) is 64.6 Å². The molecule has 0 radical (unpaired) electrons. The lowest BCUT2D eigenvalue weighted by atomic mass is 10.1. The maximum absolute atomic E-state index is 12.0. The smallest absolute Gasteiger partial charge is 0.408 e. The third-order valence-electron chi connectivity index (χ3n) is 3.27. The summed E-state index contributed by atoms with van der Waals surface area (Å²) in [7, 11) is 0.